The first-order valence-electron chi connectivity index (χ1n) is 7.98. The lowest BCUT2D eigenvalue weighted by atomic mass is 10.1. The normalized spacial score (nSPS) is 17.0. The zero-order chi connectivity index (χ0) is 18.1. The molecule has 0 radical (unpaired) electrons. The molecule has 1 N–H and O–H groups in total. The number of amides is 2. The Balaban J connectivity index is 1.74. The molecule has 0 saturated carbocycles. The number of hydrogen-bond donors (Lipinski definition) is 1. The van der Waals surface area contributed by atoms with Crippen molar-refractivity contribution in [3.8, 4) is 0 Å². The molecule has 2 aromatic carbocycles. The van der Waals surface area contributed by atoms with Crippen molar-refractivity contribution < 1.29 is 9.59 Å². The van der Waals surface area contributed by atoms with Gasteiger partial charge in [-0.05, 0) is 55.3 Å². The van der Waals surface area contributed by atoms with Crippen LogP contribution in [0.25, 0.3) is 0 Å². The third kappa shape index (κ3) is 3.80. The molecule has 0 aromatic heterocycles. The summed E-state index contributed by atoms with van der Waals surface area (Å²) < 4.78 is 0. The highest BCUT2D eigenvalue weighted by molar-refractivity contribution is 6.36. The van der Waals surface area contributed by atoms with Gasteiger partial charge in [0.1, 0.15) is 0 Å². The van der Waals surface area contributed by atoms with Crippen LogP contribution in [0, 0.1) is 19.8 Å². The van der Waals surface area contributed by atoms with Gasteiger partial charge in [0.25, 0.3) is 0 Å². The summed E-state index contributed by atoms with van der Waals surface area (Å²) in [6.07, 6.45) is 0.152. The van der Waals surface area contributed by atoms with Crippen molar-refractivity contribution in [2.45, 2.75) is 20.3 Å². The molecule has 0 aliphatic carbocycles. The van der Waals surface area contributed by atoms with Crippen LogP contribution in [0.2, 0.25) is 10.0 Å². The van der Waals surface area contributed by atoms with E-state index in [1.807, 2.05) is 32.0 Å². The van der Waals surface area contributed by atoms with Crippen molar-refractivity contribution in [2.24, 2.45) is 5.92 Å². The summed E-state index contributed by atoms with van der Waals surface area (Å²) in [6.45, 7) is 4.30. The molecule has 6 heteroatoms. The monoisotopic (exact) mass is 376 g/mol. The van der Waals surface area contributed by atoms with E-state index < -0.39 is 5.92 Å². The van der Waals surface area contributed by atoms with Gasteiger partial charge in [-0.15, -0.1) is 0 Å². The highest BCUT2D eigenvalue weighted by Gasteiger charge is 2.36. The molecule has 1 fully saturated rings. The van der Waals surface area contributed by atoms with Gasteiger partial charge < -0.3 is 10.2 Å². The molecule has 25 heavy (non-hydrogen) atoms. The third-order valence-electron chi connectivity index (χ3n) is 4.47. The Kier molecular flexibility index (Phi) is 5.02. The molecular weight excluding hydrogens is 359 g/mol. The number of anilines is 2. The van der Waals surface area contributed by atoms with E-state index in [1.54, 1.807) is 18.2 Å². The van der Waals surface area contributed by atoms with Gasteiger partial charge >= 0.3 is 0 Å². The summed E-state index contributed by atoms with van der Waals surface area (Å²) in [4.78, 5) is 26.4. The molecule has 3 rings (SSSR count). The van der Waals surface area contributed by atoms with E-state index in [0.717, 1.165) is 16.8 Å². The number of benzene rings is 2. The Bertz CT molecular complexity index is 851. The molecule has 2 aromatic rings. The van der Waals surface area contributed by atoms with E-state index in [1.165, 1.54) is 4.90 Å². The first kappa shape index (κ1) is 17.8. The van der Waals surface area contributed by atoms with Gasteiger partial charge in [-0.1, -0.05) is 29.3 Å². The predicted molar refractivity (Wildman–Crippen MR) is 101 cm³/mol. The molecule has 1 atom stereocenters. The van der Waals surface area contributed by atoms with Crippen LogP contribution in [0.3, 0.4) is 0 Å². The summed E-state index contributed by atoms with van der Waals surface area (Å²) in [5.41, 5.74) is 3.55. The van der Waals surface area contributed by atoms with Crippen LogP contribution in [0.5, 0.6) is 0 Å². The van der Waals surface area contributed by atoms with Crippen LogP contribution >= 0.6 is 23.2 Å². The standard InChI is InChI=1S/C19H18Cl2N2O2/c1-11-3-5-15(7-12(11)2)22-19(25)13-8-18(24)23(10-13)17-9-14(20)4-6-16(17)21/h3-7,9,13H,8,10H2,1-2H3,(H,22,25). The number of carbonyl (C=O) groups excluding carboxylic acids is 2. The lowest BCUT2D eigenvalue weighted by molar-refractivity contribution is -0.122. The predicted octanol–water partition coefficient (Wildman–Crippen LogP) is 4.60. The molecule has 1 unspecified atom stereocenters. The minimum absolute atomic E-state index is 0.135. The second-order valence-electron chi connectivity index (χ2n) is 6.29. The zero-order valence-electron chi connectivity index (χ0n) is 14.0. The number of aryl methyl sites for hydroxylation is 2. The quantitative estimate of drug-likeness (QED) is 0.850. The van der Waals surface area contributed by atoms with Crippen LogP contribution < -0.4 is 10.2 Å². The molecule has 0 spiro atoms. The van der Waals surface area contributed by atoms with Crippen molar-refractivity contribution in [1.29, 1.82) is 0 Å². The van der Waals surface area contributed by atoms with Gasteiger partial charge in [0.15, 0.2) is 0 Å². The van der Waals surface area contributed by atoms with Gasteiger partial charge in [-0.2, -0.15) is 0 Å². The Morgan fingerprint density at radius 3 is 2.60 bits per heavy atom. The van der Waals surface area contributed by atoms with Gasteiger partial charge in [0.05, 0.1) is 16.6 Å². The van der Waals surface area contributed by atoms with Crippen LogP contribution in [0.1, 0.15) is 17.5 Å². The number of rotatable bonds is 3. The van der Waals surface area contributed by atoms with E-state index in [0.29, 0.717) is 15.7 Å². The van der Waals surface area contributed by atoms with E-state index in [-0.39, 0.29) is 24.8 Å². The average molecular weight is 377 g/mol. The second-order valence-corrected chi connectivity index (χ2v) is 7.13. The molecule has 1 heterocycles. The maximum absolute atomic E-state index is 12.5. The van der Waals surface area contributed by atoms with Gasteiger partial charge in [0, 0.05) is 23.7 Å². The smallest absolute Gasteiger partial charge is 0.229 e. The first-order chi connectivity index (χ1) is 11.8. The fraction of sp³-hybridized carbons (Fsp3) is 0.263. The largest absolute Gasteiger partial charge is 0.326 e. The molecule has 1 aliphatic heterocycles. The van der Waals surface area contributed by atoms with E-state index in [2.05, 4.69) is 5.32 Å². The number of carbonyl (C=O) groups is 2. The van der Waals surface area contributed by atoms with Gasteiger partial charge in [0.2, 0.25) is 11.8 Å². The van der Waals surface area contributed by atoms with Crippen molar-refractivity contribution in [3.05, 3.63) is 57.6 Å². The van der Waals surface area contributed by atoms with Crippen molar-refractivity contribution in [1.82, 2.24) is 0 Å². The van der Waals surface area contributed by atoms with Crippen LogP contribution in [-0.4, -0.2) is 18.4 Å². The minimum Gasteiger partial charge on any atom is -0.326 e. The van der Waals surface area contributed by atoms with Crippen LogP contribution in [-0.2, 0) is 9.59 Å². The molecule has 1 aliphatic rings. The van der Waals surface area contributed by atoms with Crippen LogP contribution in [0.15, 0.2) is 36.4 Å². The maximum Gasteiger partial charge on any atom is 0.229 e. The van der Waals surface area contributed by atoms with E-state index in [9.17, 15) is 9.59 Å². The fourth-order valence-corrected chi connectivity index (χ4v) is 3.26. The molecule has 4 nitrogen and oxygen atoms in total. The Labute approximate surface area is 156 Å². The number of halogens is 2. The topological polar surface area (TPSA) is 49.4 Å². The lowest BCUT2D eigenvalue weighted by Crippen LogP contribution is -2.28. The van der Waals surface area contributed by atoms with Gasteiger partial charge in [-0.3, -0.25) is 9.59 Å². The fourth-order valence-electron chi connectivity index (χ4n) is 2.87. The van der Waals surface area contributed by atoms with E-state index in [4.69, 9.17) is 23.2 Å². The van der Waals surface area contributed by atoms with Crippen LogP contribution in [0.4, 0.5) is 11.4 Å². The summed E-state index contributed by atoms with van der Waals surface area (Å²) in [6, 6.07) is 10.7. The first-order valence-corrected chi connectivity index (χ1v) is 8.74. The summed E-state index contributed by atoms with van der Waals surface area (Å²) in [5, 5.41) is 3.83. The SMILES string of the molecule is Cc1ccc(NC(=O)C2CC(=O)N(c3cc(Cl)ccc3Cl)C2)cc1C. The van der Waals surface area contributed by atoms with Gasteiger partial charge in [-0.25, -0.2) is 0 Å². The molecule has 0 bridgehead atoms. The second kappa shape index (κ2) is 7.06. The lowest BCUT2D eigenvalue weighted by Gasteiger charge is -2.18. The minimum atomic E-state index is -0.427. The Hall–Kier alpha value is -2.04. The van der Waals surface area contributed by atoms with Crippen molar-refractivity contribution in [2.75, 3.05) is 16.8 Å². The summed E-state index contributed by atoms with van der Waals surface area (Å²) >= 11 is 12.2. The highest BCUT2D eigenvalue weighted by atomic mass is 35.5. The number of hydrogen-bond acceptors (Lipinski definition) is 2. The molecule has 1 saturated heterocycles. The summed E-state index contributed by atoms with van der Waals surface area (Å²) in [5.74, 6) is -0.731. The number of nitrogens with one attached hydrogen (secondary N) is 1. The van der Waals surface area contributed by atoms with E-state index >= 15 is 0 Å². The molecule has 130 valence electrons. The molecular formula is C19H18Cl2N2O2. The Morgan fingerprint density at radius 2 is 1.88 bits per heavy atom. The number of nitrogens with zero attached hydrogens (tertiary/aromatic N) is 1. The molecule has 2 amide bonds. The highest BCUT2D eigenvalue weighted by Crippen LogP contribution is 2.33. The van der Waals surface area contributed by atoms with Crippen molar-refractivity contribution in [3.63, 3.8) is 0 Å². The third-order valence-corrected chi connectivity index (χ3v) is 5.02. The zero-order valence-corrected chi connectivity index (χ0v) is 15.5. The maximum atomic E-state index is 12.5. The van der Waals surface area contributed by atoms with Crippen molar-refractivity contribution >= 4 is 46.4 Å². The summed E-state index contributed by atoms with van der Waals surface area (Å²) in [7, 11) is 0. The Morgan fingerprint density at radius 1 is 1.12 bits per heavy atom. The average Bonchev–Trinajstić information content (AvgIpc) is 2.95.